The Labute approximate surface area is 203 Å². The third kappa shape index (κ3) is 6.13. The van der Waals surface area contributed by atoms with Crippen LogP contribution in [0.4, 0.5) is 0 Å². The Morgan fingerprint density at radius 2 is 1.69 bits per heavy atom. The predicted octanol–water partition coefficient (Wildman–Crippen LogP) is 1.84. The van der Waals surface area contributed by atoms with E-state index in [2.05, 4.69) is 20.6 Å². The Morgan fingerprint density at radius 1 is 1.03 bits per heavy atom. The number of epoxide rings is 1. The second-order valence-electron chi connectivity index (χ2n) is 8.65. The molecule has 4 rings (SSSR count). The Hall–Kier alpha value is -3.98. The van der Waals surface area contributed by atoms with Crippen LogP contribution < -0.4 is 15.4 Å². The summed E-state index contributed by atoms with van der Waals surface area (Å²) < 4.78 is 10.6. The first-order chi connectivity index (χ1) is 16.9. The van der Waals surface area contributed by atoms with Crippen molar-refractivity contribution in [2.24, 2.45) is 0 Å². The van der Waals surface area contributed by atoms with Gasteiger partial charge in [-0.2, -0.15) is 0 Å². The molecule has 2 aromatic carbocycles. The van der Waals surface area contributed by atoms with Crippen LogP contribution in [0, 0.1) is 0 Å². The molecule has 0 spiro atoms. The minimum Gasteiger partial charge on any atom is -0.497 e. The fourth-order valence-corrected chi connectivity index (χ4v) is 3.77. The van der Waals surface area contributed by atoms with Gasteiger partial charge in [-0.3, -0.25) is 14.4 Å². The molecule has 3 atom stereocenters. The average molecular weight is 477 g/mol. The molecule has 0 bridgehead atoms. The smallest absolute Gasteiger partial charge is 0.287 e. The Morgan fingerprint density at radius 3 is 2.29 bits per heavy atom. The van der Waals surface area contributed by atoms with Crippen LogP contribution in [-0.2, 0) is 27.2 Å². The molecule has 3 aromatic rings. The lowest BCUT2D eigenvalue weighted by atomic mass is 9.94. The summed E-state index contributed by atoms with van der Waals surface area (Å²) in [5, 5.41) is 5.61. The maximum atomic E-state index is 13.5. The number of carbonyl (C=O) groups excluding carboxylic acids is 3. The summed E-state index contributed by atoms with van der Waals surface area (Å²) >= 11 is 0. The normalized spacial score (nSPS) is 18.2. The quantitative estimate of drug-likeness (QED) is 0.363. The van der Waals surface area contributed by atoms with Crippen molar-refractivity contribution in [1.82, 2.24) is 20.6 Å². The van der Waals surface area contributed by atoms with Crippen LogP contribution in [-0.4, -0.2) is 59.0 Å². The first-order valence-electron chi connectivity index (χ1n) is 11.3. The van der Waals surface area contributed by atoms with Gasteiger partial charge in [0.05, 0.1) is 19.8 Å². The largest absolute Gasteiger partial charge is 0.497 e. The van der Waals surface area contributed by atoms with Gasteiger partial charge in [-0.15, -0.1) is 0 Å². The predicted molar refractivity (Wildman–Crippen MR) is 128 cm³/mol. The summed E-state index contributed by atoms with van der Waals surface area (Å²) in [6, 6.07) is 14.9. The highest BCUT2D eigenvalue weighted by molar-refractivity contribution is 5.99. The Kier molecular flexibility index (Phi) is 7.26. The maximum absolute atomic E-state index is 13.5. The molecule has 0 radical (unpaired) electrons. The molecule has 182 valence electrons. The van der Waals surface area contributed by atoms with Crippen LogP contribution in [0.15, 0.2) is 67.0 Å². The number of aromatic nitrogens is 2. The molecule has 1 saturated heterocycles. The number of Topliss-reactive ketones (excluding diaryl/α,β-unsaturated/α-hetero) is 1. The van der Waals surface area contributed by atoms with Gasteiger partial charge in [0, 0.05) is 18.8 Å². The van der Waals surface area contributed by atoms with Gasteiger partial charge in [-0.25, -0.2) is 4.98 Å². The fraction of sp³-hybridized carbons (Fsp3) is 0.308. The number of imidazole rings is 1. The number of aromatic amines is 1. The number of ether oxygens (including phenoxy) is 2. The molecule has 3 N–H and O–H groups in total. The molecule has 0 unspecified atom stereocenters. The first-order valence-corrected chi connectivity index (χ1v) is 11.3. The van der Waals surface area contributed by atoms with Crippen molar-refractivity contribution in [1.29, 1.82) is 0 Å². The minimum absolute atomic E-state index is 0.0911. The maximum Gasteiger partial charge on any atom is 0.287 e. The monoisotopic (exact) mass is 476 g/mol. The van der Waals surface area contributed by atoms with E-state index in [4.69, 9.17) is 9.47 Å². The number of methoxy groups -OCH3 is 1. The average Bonchev–Trinajstić information content (AvgIpc) is 3.39. The van der Waals surface area contributed by atoms with Crippen LogP contribution in [0.5, 0.6) is 5.75 Å². The summed E-state index contributed by atoms with van der Waals surface area (Å²) in [5.41, 5.74) is 0.811. The number of rotatable bonds is 11. The molecule has 1 fully saturated rings. The van der Waals surface area contributed by atoms with Crippen LogP contribution in [0.25, 0.3) is 0 Å². The highest BCUT2D eigenvalue weighted by atomic mass is 16.6. The molecule has 9 heteroatoms. The van der Waals surface area contributed by atoms with Crippen LogP contribution >= 0.6 is 0 Å². The lowest BCUT2D eigenvalue weighted by Crippen LogP contribution is -2.55. The summed E-state index contributed by atoms with van der Waals surface area (Å²) in [4.78, 5) is 46.0. The van der Waals surface area contributed by atoms with E-state index >= 15 is 0 Å². The molecular weight excluding hydrogens is 448 g/mol. The molecule has 0 aliphatic carbocycles. The van der Waals surface area contributed by atoms with E-state index < -0.39 is 29.5 Å². The Bertz CT molecular complexity index is 1160. The number of nitrogens with one attached hydrogen (secondary N) is 3. The van der Waals surface area contributed by atoms with Crippen molar-refractivity contribution in [3.05, 3.63) is 83.9 Å². The van der Waals surface area contributed by atoms with Crippen molar-refractivity contribution in [3.63, 3.8) is 0 Å². The molecule has 1 aliphatic heterocycles. The van der Waals surface area contributed by atoms with Crippen molar-refractivity contribution < 1.29 is 23.9 Å². The summed E-state index contributed by atoms with van der Waals surface area (Å²) in [6.07, 6.45) is 3.50. The van der Waals surface area contributed by atoms with Crippen molar-refractivity contribution in [2.45, 2.75) is 37.5 Å². The van der Waals surface area contributed by atoms with Gasteiger partial charge in [-0.05, 0) is 36.6 Å². The second-order valence-corrected chi connectivity index (χ2v) is 8.65. The standard InChI is InChI=1S/C26H28N4O5/c1-26(16-35-26)22(31)20(14-17-6-4-3-5-7-17)29-24(32)21(30-25(33)23-27-12-13-28-23)15-18-8-10-19(34-2)11-9-18/h3-13,20-21H,14-16H2,1-2H3,(H,27,28)(H,29,32)(H,30,33)/t20-,21-,26+/m0/s1. The number of H-pyrrole nitrogens is 1. The van der Waals surface area contributed by atoms with Gasteiger partial charge in [0.2, 0.25) is 5.91 Å². The lowest BCUT2D eigenvalue weighted by Gasteiger charge is -2.24. The zero-order valence-corrected chi connectivity index (χ0v) is 19.6. The van der Waals surface area contributed by atoms with E-state index in [1.807, 2.05) is 42.5 Å². The van der Waals surface area contributed by atoms with E-state index in [1.165, 1.54) is 12.4 Å². The van der Waals surface area contributed by atoms with Crippen LogP contribution in [0.3, 0.4) is 0 Å². The second kappa shape index (κ2) is 10.5. The molecule has 35 heavy (non-hydrogen) atoms. The summed E-state index contributed by atoms with van der Waals surface area (Å²) in [5.74, 6) is -0.421. The highest BCUT2D eigenvalue weighted by Crippen LogP contribution is 2.29. The molecule has 2 heterocycles. The highest BCUT2D eigenvalue weighted by Gasteiger charge is 2.50. The Balaban J connectivity index is 1.54. The van der Waals surface area contributed by atoms with E-state index in [0.717, 1.165) is 11.1 Å². The third-order valence-electron chi connectivity index (χ3n) is 5.95. The van der Waals surface area contributed by atoms with Crippen molar-refractivity contribution in [2.75, 3.05) is 13.7 Å². The van der Waals surface area contributed by atoms with E-state index in [0.29, 0.717) is 18.8 Å². The van der Waals surface area contributed by atoms with Crippen LogP contribution in [0.1, 0.15) is 28.7 Å². The van der Waals surface area contributed by atoms with Gasteiger partial charge in [0.1, 0.15) is 17.4 Å². The molecule has 1 aliphatic rings. The fourth-order valence-electron chi connectivity index (χ4n) is 3.77. The van der Waals surface area contributed by atoms with E-state index in [1.54, 1.807) is 26.2 Å². The molecule has 2 amide bonds. The van der Waals surface area contributed by atoms with Crippen LogP contribution in [0.2, 0.25) is 0 Å². The molecule has 0 saturated carbocycles. The molecular formula is C26H28N4O5. The number of amides is 2. The first kappa shape index (κ1) is 24.2. The van der Waals surface area contributed by atoms with E-state index in [-0.39, 0.29) is 18.0 Å². The number of carbonyl (C=O) groups is 3. The van der Waals surface area contributed by atoms with Gasteiger partial charge in [0.25, 0.3) is 5.91 Å². The zero-order valence-electron chi connectivity index (χ0n) is 19.6. The lowest BCUT2D eigenvalue weighted by molar-refractivity contribution is -0.131. The number of hydrogen-bond donors (Lipinski definition) is 3. The molecule has 9 nitrogen and oxygen atoms in total. The number of nitrogens with zero attached hydrogens (tertiary/aromatic N) is 1. The van der Waals surface area contributed by atoms with Gasteiger partial charge >= 0.3 is 0 Å². The SMILES string of the molecule is COc1ccc(C[C@H](NC(=O)c2ncc[nH]2)C(=O)N[C@@H](Cc2ccccc2)C(=O)[C@@]2(C)CO2)cc1. The topological polar surface area (TPSA) is 126 Å². The minimum atomic E-state index is -0.944. The number of hydrogen-bond acceptors (Lipinski definition) is 6. The van der Waals surface area contributed by atoms with Crippen molar-refractivity contribution >= 4 is 17.6 Å². The molecule has 1 aromatic heterocycles. The van der Waals surface area contributed by atoms with Gasteiger partial charge in [-0.1, -0.05) is 42.5 Å². The summed E-state index contributed by atoms with van der Waals surface area (Å²) in [6.45, 7) is 2.03. The zero-order chi connectivity index (χ0) is 24.8. The van der Waals surface area contributed by atoms with Crippen molar-refractivity contribution in [3.8, 4) is 5.75 Å². The van der Waals surface area contributed by atoms with E-state index in [9.17, 15) is 14.4 Å². The number of benzene rings is 2. The third-order valence-corrected chi connectivity index (χ3v) is 5.95. The van der Waals surface area contributed by atoms with Gasteiger partial charge < -0.3 is 25.1 Å². The van der Waals surface area contributed by atoms with Gasteiger partial charge in [0.15, 0.2) is 11.6 Å². The summed E-state index contributed by atoms with van der Waals surface area (Å²) in [7, 11) is 1.57. The number of ketones is 1.